The zero-order valence-corrected chi connectivity index (χ0v) is 16.3. The van der Waals surface area contributed by atoms with Gasteiger partial charge >= 0.3 is 7.60 Å². The van der Waals surface area contributed by atoms with E-state index in [1.54, 1.807) is 32.0 Å². The molecule has 0 saturated carbocycles. The first-order chi connectivity index (χ1) is 11.6. The number of hydrogen-bond acceptors (Lipinski definition) is 5. The summed E-state index contributed by atoms with van der Waals surface area (Å²) < 4.78 is 35.6. The zero-order valence-electron chi connectivity index (χ0n) is 15.4. The van der Waals surface area contributed by atoms with Crippen LogP contribution >= 0.6 is 7.60 Å². The lowest BCUT2D eigenvalue weighted by Crippen LogP contribution is -2.15. The van der Waals surface area contributed by atoms with Crippen molar-refractivity contribution in [2.24, 2.45) is 0 Å². The Kier molecular flexibility index (Phi) is 10.1. The summed E-state index contributed by atoms with van der Waals surface area (Å²) in [6.07, 6.45) is 4.01. The SMILES string of the molecule is CCCCOc1ccc(P(=O)(OCC)OCC)c(OCCCC)c1. The fraction of sp³-hybridized carbons (Fsp3) is 0.667. The molecular weight excluding hydrogens is 327 g/mol. The minimum absolute atomic E-state index is 0.306. The number of benzene rings is 1. The minimum atomic E-state index is -3.39. The molecule has 0 bridgehead atoms. The lowest BCUT2D eigenvalue weighted by Gasteiger charge is -2.21. The van der Waals surface area contributed by atoms with Gasteiger partial charge in [0.15, 0.2) is 0 Å². The van der Waals surface area contributed by atoms with Crippen molar-refractivity contribution < 1.29 is 23.1 Å². The fourth-order valence-corrected chi connectivity index (χ4v) is 3.79. The van der Waals surface area contributed by atoms with Crippen molar-refractivity contribution in [3.8, 4) is 11.5 Å². The molecule has 0 aliphatic carbocycles. The molecule has 0 aromatic heterocycles. The molecule has 6 heteroatoms. The van der Waals surface area contributed by atoms with Crippen LogP contribution in [0.2, 0.25) is 0 Å². The summed E-state index contributed by atoms with van der Waals surface area (Å²) >= 11 is 0. The topological polar surface area (TPSA) is 54.0 Å². The third-order valence-corrected chi connectivity index (χ3v) is 5.50. The minimum Gasteiger partial charge on any atom is -0.493 e. The van der Waals surface area contributed by atoms with E-state index in [1.807, 2.05) is 0 Å². The maximum atomic E-state index is 13.1. The largest absolute Gasteiger partial charge is 0.493 e. The molecule has 0 atom stereocenters. The van der Waals surface area contributed by atoms with Crippen LogP contribution in [0.5, 0.6) is 11.5 Å². The normalized spacial score (nSPS) is 11.5. The van der Waals surface area contributed by atoms with Crippen LogP contribution in [0, 0.1) is 0 Å². The lowest BCUT2D eigenvalue weighted by molar-refractivity contribution is 0.228. The van der Waals surface area contributed by atoms with E-state index in [1.165, 1.54) is 0 Å². The Balaban J connectivity index is 3.08. The summed E-state index contributed by atoms with van der Waals surface area (Å²) in [5.74, 6) is 1.22. The van der Waals surface area contributed by atoms with Gasteiger partial charge in [0.2, 0.25) is 0 Å². The van der Waals surface area contributed by atoms with Gasteiger partial charge in [-0.15, -0.1) is 0 Å². The van der Waals surface area contributed by atoms with Crippen LogP contribution in [0.15, 0.2) is 18.2 Å². The van der Waals surface area contributed by atoms with Gasteiger partial charge in [0.1, 0.15) is 16.8 Å². The molecule has 0 aliphatic heterocycles. The molecule has 0 aliphatic rings. The van der Waals surface area contributed by atoms with Gasteiger partial charge in [-0.05, 0) is 38.8 Å². The third-order valence-electron chi connectivity index (χ3n) is 3.35. The highest BCUT2D eigenvalue weighted by atomic mass is 31.2. The zero-order chi connectivity index (χ0) is 17.8. The van der Waals surface area contributed by atoms with Crippen molar-refractivity contribution in [3.63, 3.8) is 0 Å². The molecule has 0 amide bonds. The van der Waals surface area contributed by atoms with Gasteiger partial charge in [-0.2, -0.15) is 0 Å². The maximum absolute atomic E-state index is 13.1. The first kappa shape index (κ1) is 21.0. The van der Waals surface area contributed by atoms with Gasteiger partial charge in [0, 0.05) is 6.07 Å². The highest BCUT2D eigenvalue weighted by Crippen LogP contribution is 2.49. The average Bonchev–Trinajstić information content (AvgIpc) is 2.56. The second-order valence-electron chi connectivity index (χ2n) is 5.37. The average molecular weight is 358 g/mol. The predicted octanol–water partition coefficient (Wildman–Crippen LogP) is 4.94. The van der Waals surface area contributed by atoms with Crippen LogP contribution in [-0.4, -0.2) is 26.4 Å². The van der Waals surface area contributed by atoms with Gasteiger partial charge in [0.05, 0.1) is 26.4 Å². The van der Waals surface area contributed by atoms with E-state index in [9.17, 15) is 4.57 Å². The maximum Gasteiger partial charge on any atom is 0.365 e. The van der Waals surface area contributed by atoms with Gasteiger partial charge in [-0.3, -0.25) is 4.57 Å². The molecule has 0 N–H and O–H groups in total. The van der Waals surface area contributed by atoms with E-state index in [-0.39, 0.29) is 0 Å². The smallest absolute Gasteiger partial charge is 0.365 e. The summed E-state index contributed by atoms with van der Waals surface area (Å²) in [5, 5.41) is 0.463. The number of ether oxygens (including phenoxy) is 2. The summed E-state index contributed by atoms with van der Waals surface area (Å²) in [6.45, 7) is 9.63. The van der Waals surface area contributed by atoms with Gasteiger partial charge in [-0.25, -0.2) is 0 Å². The molecule has 24 heavy (non-hydrogen) atoms. The van der Waals surface area contributed by atoms with E-state index >= 15 is 0 Å². The summed E-state index contributed by atoms with van der Waals surface area (Å²) in [5.41, 5.74) is 0. The molecule has 0 fully saturated rings. The molecule has 1 rings (SSSR count). The van der Waals surface area contributed by atoms with Crippen molar-refractivity contribution in [2.45, 2.75) is 53.4 Å². The molecule has 0 unspecified atom stereocenters. The Morgan fingerprint density at radius 2 is 1.46 bits per heavy atom. The Hall–Kier alpha value is -1.03. The molecule has 5 nitrogen and oxygen atoms in total. The number of hydrogen-bond donors (Lipinski definition) is 0. The highest BCUT2D eigenvalue weighted by Gasteiger charge is 2.31. The molecule has 138 valence electrons. The summed E-state index contributed by atoms with van der Waals surface area (Å²) in [4.78, 5) is 0. The van der Waals surface area contributed by atoms with Gasteiger partial charge in [0.25, 0.3) is 0 Å². The van der Waals surface area contributed by atoms with E-state index in [0.29, 0.717) is 43.2 Å². The molecule has 1 aromatic carbocycles. The van der Waals surface area contributed by atoms with Crippen LogP contribution in [0.25, 0.3) is 0 Å². The summed E-state index contributed by atoms with van der Waals surface area (Å²) in [7, 11) is -3.39. The van der Waals surface area contributed by atoms with E-state index < -0.39 is 7.60 Å². The highest BCUT2D eigenvalue weighted by molar-refractivity contribution is 7.62. The molecule has 0 saturated heterocycles. The van der Waals surface area contributed by atoms with Gasteiger partial charge in [-0.1, -0.05) is 26.7 Å². The monoisotopic (exact) mass is 358 g/mol. The molecule has 0 heterocycles. The molecule has 1 aromatic rings. The van der Waals surface area contributed by atoms with Crippen LogP contribution < -0.4 is 14.8 Å². The lowest BCUT2D eigenvalue weighted by atomic mass is 10.3. The van der Waals surface area contributed by atoms with Crippen molar-refractivity contribution in [2.75, 3.05) is 26.4 Å². The molecular formula is C18H31O5P. The standard InChI is InChI=1S/C18H31O5P/c1-5-9-13-20-16-11-12-18(17(15-16)21-14-10-6-2)24(19,22-7-3)23-8-4/h11-12,15H,5-10,13-14H2,1-4H3. The number of rotatable bonds is 13. The first-order valence-electron chi connectivity index (χ1n) is 8.90. The predicted molar refractivity (Wildman–Crippen MR) is 97.7 cm³/mol. The Morgan fingerprint density at radius 3 is 2.00 bits per heavy atom. The van der Waals surface area contributed by atoms with Crippen molar-refractivity contribution in [3.05, 3.63) is 18.2 Å². The molecule has 0 radical (unpaired) electrons. The van der Waals surface area contributed by atoms with E-state index in [0.717, 1.165) is 25.7 Å². The van der Waals surface area contributed by atoms with Crippen LogP contribution in [0.4, 0.5) is 0 Å². The Morgan fingerprint density at radius 1 is 0.875 bits per heavy atom. The molecule has 0 spiro atoms. The second kappa shape index (κ2) is 11.5. The first-order valence-corrected chi connectivity index (χ1v) is 10.4. The van der Waals surface area contributed by atoms with Gasteiger partial charge < -0.3 is 18.5 Å². The van der Waals surface area contributed by atoms with E-state index in [4.69, 9.17) is 18.5 Å². The quantitative estimate of drug-likeness (QED) is 0.369. The van der Waals surface area contributed by atoms with Crippen molar-refractivity contribution >= 4 is 12.9 Å². The summed E-state index contributed by atoms with van der Waals surface area (Å²) in [6, 6.07) is 5.31. The van der Waals surface area contributed by atoms with Crippen LogP contribution in [0.1, 0.15) is 53.4 Å². The van der Waals surface area contributed by atoms with Crippen LogP contribution in [-0.2, 0) is 13.6 Å². The van der Waals surface area contributed by atoms with Crippen molar-refractivity contribution in [1.29, 1.82) is 0 Å². The Labute approximate surface area is 146 Å². The van der Waals surface area contributed by atoms with Crippen molar-refractivity contribution in [1.82, 2.24) is 0 Å². The Bertz CT molecular complexity index is 508. The van der Waals surface area contributed by atoms with Crippen LogP contribution in [0.3, 0.4) is 0 Å². The van der Waals surface area contributed by atoms with E-state index in [2.05, 4.69) is 13.8 Å². The number of unbranched alkanes of at least 4 members (excludes halogenated alkanes) is 2. The third kappa shape index (κ3) is 6.46. The second-order valence-corrected chi connectivity index (χ2v) is 7.36. The fourth-order valence-electron chi connectivity index (χ4n) is 2.10.